The second kappa shape index (κ2) is 6.79. The van der Waals surface area contributed by atoms with Gasteiger partial charge in [-0.05, 0) is 25.1 Å². The average Bonchev–Trinajstić information content (AvgIpc) is 2.97. The number of carbonyl (C=O) groups excluding carboxylic acids is 1. The number of carbonyl (C=O) groups is 2. The number of para-hydroxylation sites is 1. The Bertz CT molecular complexity index is 1020. The first kappa shape index (κ1) is 17.1. The second-order valence-corrected chi connectivity index (χ2v) is 6.89. The van der Waals surface area contributed by atoms with Crippen molar-refractivity contribution < 1.29 is 14.7 Å². The summed E-state index contributed by atoms with van der Waals surface area (Å²) in [6.45, 7) is 2.97. The standard InChI is InChI=1S/C21H21N3O3/c1-14-6-8-15(9-7-14)22-21(27)23-11-10-19-17(12-23)16-4-2-3-5-18(16)24(19)13-20(25)26/h2-9H,10-13H2,1H3,(H,22,27)(H,25,26). The Kier molecular flexibility index (Phi) is 4.32. The van der Waals surface area contributed by atoms with Crippen LogP contribution >= 0.6 is 0 Å². The summed E-state index contributed by atoms with van der Waals surface area (Å²) >= 11 is 0. The quantitative estimate of drug-likeness (QED) is 0.746. The number of hydrogen-bond donors (Lipinski definition) is 2. The highest BCUT2D eigenvalue weighted by Gasteiger charge is 2.27. The van der Waals surface area contributed by atoms with E-state index >= 15 is 0 Å². The van der Waals surface area contributed by atoms with Crippen molar-refractivity contribution in [2.24, 2.45) is 0 Å². The van der Waals surface area contributed by atoms with Gasteiger partial charge in [-0.25, -0.2) is 4.79 Å². The Morgan fingerprint density at radius 2 is 1.85 bits per heavy atom. The maximum atomic E-state index is 12.7. The maximum absolute atomic E-state index is 12.7. The number of nitrogens with zero attached hydrogens (tertiary/aromatic N) is 2. The fourth-order valence-electron chi connectivity index (χ4n) is 3.73. The minimum absolute atomic E-state index is 0.0641. The zero-order chi connectivity index (χ0) is 19.0. The molecule has 0 saturated carbocycles. The van der Waals surface area contributed by atoms with Gasteiger partial charge in [0.05, 0.1) is 0 Å². The molecule has 0 atom stereocenters. The highest BCUT2D eigenvalue weighted by atomic mass is 16.4. The van der Waals surface area contributed by atoms with Gasteiger partial charge in [-0.15, -0.1) is 0 Å². The Balaban J connectivity index is 1.62. The van der Waals surface area contributed by atoms with Gasteiger partial charge in [0, 0.05) is 47.4 Å². The summed E-state index contributed by atoms with van der Waals surface area (Å²) in [7, 11) is 0. The van der Waals surface area contributed by atoms with E-state index in [9.17, 15) is 14.7 Å². The van der Waals surface area contributed by atoms with Gasteiger partial charge in [0.1, 0.15) is 6.54 Å². The first-order chi connectivity index (χ1) is 13.0. The number of anilines is 1. The van der Waals surface area contributed by atoms with Crippen LogP contribution in [0.2, 0.25) is 0 Å². The van der Waals surface area contributed by atoms with Crippen molar-refractivity contribution in [2.75, 3.05) is 11.9 Å². The van der Waals surface area contributed by atoms with E-state index in [1.165, 1.54) is 0 Å². The minimum atomic E-state index is -0.863. The molecule has 0 bridgehead atoms. The molecule has 1 aliphatic heterocycles. The zero-order valence-electron chi connectivity index (χ0n) is 15.1. The summed E-state index contributed by atoms with van der Waals surface area (Å²) in [4.78, 5) is 25.8. The van der Waals surface area contributed by atoms with E-state index in [0.29, 0.717) is 19.5 Å². The summed E-state index contributed by atoms with van der Waals surface area (Å²) in [5, 5.41) is 13.2. The highest BCUT2D eigenvalue weighted by Crippen LogP contribution is 2.31. The van der Waals surface area contributed by atoms with Crippen molar-refractivity contribution in [1.82, 2.24) is 9.47 Å². The van der Waals surface area contributed by atoms with Crippen LogP contribution < -0.4 is 5.32 Å². The first-order valence-electron chi connectivity index (χ1n) is 8.96. The molecule has 6 nitrogen and oxygen atoms in total. The van der Waals surface area contributed by atoms with E-state index in [1.54, 1.807) is 4.90 Å². The molecule has 0 fully saturated rings. The van der Waals surface area contributed by atoms with Crippen LogP contribution in [0.15, 0.2) is 48.5 Å². The number of aliphatic carboxylic acids is 1. The molecule has 1 aliphatic rings. The molecule has 0 spiro atoms. The maximum Gasteiger partial charge on any atom is 0.323 e. The third-order valence-corrected chi connectivity index (χ3v) is 5.05. The molecule has 0 aliphatic carbocycles. The van der Waals surface area contributed by atoms with Crippen LogP contribution in [0, 0.1) is 6.92 Å². The lowest BCUT2D eigenvalue weighted by molar-refractivity contribution is -0.137. The normalized spacial score (nSPS) is 13.4. The van der Waals surface area contributed by atoms with Crippen molar-refractivity contribution in [3.8, 4) is 0 Å². The van der Waals surface area contributed by atoms with Crippen molar-refractivity contribution in [2.45, 2.75) is 26.4 Å². The molecule has 2 heterocycles. The molecule has 0 radical (unpaired) electrons. The fraction of sp³-hybridized carbons (Fsp3) is 0.238. The van der Waals surface area contributed by atoms with Crippen LogP contribution in [0.3, 0.4) is 0 Å². The average molecular weight is 363 g/mol. The zero-order valence-corrected chi connectivity index (χ0v) is 15.1. The van der Waals surface area contributed by atoms with E-state index < -0.39 is 5.97 Å². The molecule has 2 amide bonds. The molecule has 2 aromatic carbocycles. The number of urea groups is 1. The van der Waals surface area contributed by atoms with Gasteiger partial charge in [0.25, 0.3) is 0 Å². The number of carboxylic acids is 1. The monoisotopic (exact) mass is 363 g/mol. The molecule has 6 heteroatoms. The van der Waals surface area contributed by atoms with Gasteiger partial charge in [-0.2, -0.15) is 0 Å². The summed E-state index contributed by atoms with van der Waals surface area (Å²) in [6.07, 6.45) is 0.638. The highest BCUT2D eigenvalue weighted by molar-refractivity contribution is 5.91. The van der Waals surface area contributed by atoms with Crippen LogP contribution in [0.4, 0.5) is 10.5 Å². The molecule has 3 aromatic rings. The van der Waals surface area contributed by atoms with Crippen molar-refractivity contribution >= 4 is 28.6 Å². The van der Waals surface area contributed by atoms with Gasteiger partial charge >= 0.3 is 12.0 Å². The van der Waals surface area contributed by atoms with Gasteiger partial charge < -0.3 is 19.9 Å². The number of benzene rings is 2. The van der Waals surface area contributed by atoms with E-state index in [2.05, 4.69) is 5.32 Å². The van der Waals surface area contributed by atoms with Crippen LogP contribution in [-0.2, 0) is 24.3 Å². The van der Waals surface area contributed by atoms with Crippen LogP contribution in [0.25, 0.3) is 10.9 Å². The summed E-state index contributed by atoms with van der Waals surface area (Å²) in [6, 6.07) is 15.4. The predicted molar refractivity (Wildman–Crippen MR) is 104 cm³/mol. The summed E-state index contributed by atoms with van der Waals surface area (Å²) in [5.41, 5.74) is 4.87. The van der Waals surface area contributed by atoms with Crippen LogP contribution in [0.1, 0.15) is 16.8 Å². The van der Waals surface area contributed by atoms with Gasteiger partial charge in [0.2, 0.25) is 0 Å². The number of rotatable bonds is 3. The number of carboxylic acid groups (broad SMARTS) is 1. The number of aryl methyl sites for hydroxylation is 1. The third kappa shape index (κ3) is 3.26. The van der Waals surface area contributed by atoms with Crippen LogP contribution in [0.5, 0.6) is 0 Å². The minimum Gasteiger partial charge on any atom is -0.480 e. The second-order valence-electron chi connectivity index (χ2n) is 6.89. The number of fused-ring (bicyclic) bond motifs is 3. The lowest BCUT2D eigenvalue weighted by Gasteiger charge is -2.28. The smallest absolute Gasteiger partial charge is 0.323 e. The van der Waals surface area contributed by atoms with Crippen molar-refractivity contribution in [3.05, 3.63) is 65.4 Å². The Morgan fingerprint density at radius 3 is 2.59 bits per heavy atom. The summed E-state index contributed by atoms with van der Waals surface area (Å²) < 4.78 is 1.86. The molecular formula is C21H21N3O3. The lowest BCUT2D eigenvalue weighted by atomic mass is 10.0. The van der Waals surface area contributed by atoms with E-state index in [0.717, 1.165) is 33.4 Å². The van der Waals surface area contributed by atoms with E-state index in [-0.39, 0.29) is 12.6 Å². The number of amides is 2. The number of aromatic nitrogens is 1. The summed E-state index contributed by atoms with van der Waals surface area (Å²) in [5.74, 6) is -0.863. The van der Waals surface area contributed by atoms with Crippen molar-refractivity contribution in [3.63, 3.8) is 0 Å². The van der Waals surface area contributed by atoms with Crippen molar-refractivity contribution in [1.29, 1.82) is 0 Å². The Labute approximate surface area is 157 Å². The van der Waals surface area contributed by atoms with E-state index in [1.807, 2.05) is 60.0 Å². The third-order valence-electron chi connectivity index (χ3n) is 5.05. The number of nitrogens with one attached hydrogen (secondary N) is 1. The van der Waals surface area contributed by atoms with Gasteiger partial charge in [-0.3, -0.25) is 4.79 Å². The first-order valence-corrected chi connectivity index (χ1v) is 8.96. The molecular weight excluding hydrogens is 342 g/mol. The largest absolute Gasteiger partial charge is 0.480 e. The Hall–Kier alpha value is -3.28. The van der Waals surface area contributed by atoms with Crippen LogP contribution in [-0.4, -0.2) is 33.1 Å². The van der Waals surface area contributed by atoms with E-state index in [4.69, 9.17) is 0 Å². The molecule has 27 heavy (non-hydrogen) atoms. The molecule has 1 aromatic heterocycles. The molecule has 138 valence electrons. The molecule has 0 unspecified atom stereocenters. The van der Waals surface area contributed by atoms with Gasteiger partial charge in [-0.1, -0.05) is 35.9 Å². The lowest BCUT2D eigenvalue weighted by Crippen LogP contribution is -2.39. The molecule has 4 rings (SSSR count). The molecule has 0 saturated heterocycles. The topological polar surface area (TPSA) is 74.6 Å². The number of hydrogen-bond acceptors (Lipinski definition) is 2. The fourth-order valence-corrected chi connectivity index (χ4v) is 3.73. The predicted octanol–water partition coefficient (Wildman–Crippen LogP) is 3.62. The SMILES string of the molecule is Cc1ccc(NC(=O)N2CCc3c(c4ccccc4n3CC(=O)O)C2)cc1. The Morgan fingerprint density at radius 1 is 1.11 bits per heavy atom. The molecule has 2 N–H and O–H groups in total. The van der Waals surface area contributed by atoms with Gasteiger partial charge in [0.15, 0.2) is 0 Å².